The first-order chi connectivity index (χ1) is 11.1. The van der Waals surface area contributed by atoms with E-state index in [-0.39, 0.29) is 18.1 Å². The second-order valence-electron chi connectivity index (χ2n) is 5.50. The van der Waals surface area contributed by atoms with Crippen LogP contribution in [0.2, 0.25) is 0 Å². The van der Waals surface area contributed by atoms with Gasteiger partial charge in [-0.15, -0.1) is 0 Å². The topological polar surface area (TPSA) is 38.3 Å². The number of carbonyl (C=O) groups excluding carboxylic acids is 1. The molecule has 0 heterocycles. The summed E-state index contributed by atoms with van der Waals surface area (Å²) < 4.78 is 5.40. The molecule has 0 amide bonds. The monoisotopic (exact) mass is 309 g/mol. The standard InChI is InChI=1S/C20H23NO2/c1-16(21-15-18-9-5-3-6-10-18)13-14-20(22)23-17(2)19-11-7-4-8-12-19/h3-14,16-17,21H,15H2,1-2H3/b14-13+/t16-,17+/m1/s1. The largest absolute Gasteiger partial charge is 0.455 e. The quantitative estimate of drug-likeness (QED) is 0.620. The third-order valence-corrected chi connectivity index (χ3v) is 3.55. The lowest BCUT2D eigenvalue weighted by molar-refractivity contribution is -0.142. The fourth-order valence-corrected chi connectivity index (χ4v) is 2.17. The molecule has 120 valence electrons. The number of nitrogens with one attached hydrogen (secondary N) is 1. The van der Waals surface area contributed by atoms with Crippen molar-refractivity contribution in [1.29, 1.82) is 0 Å². The van der Waals surface area contributed by atoms with Gasteiger partial charge in [-0.25, -0.2) is 4.79 Å². The zero-order valence-corrected chi connectivity index (χ0v) is 13.6. The zero-order chi connectivity index (χ0) is 16.5. The van der Waals surface area contributed by atoms with E-state index in [4.69, 9.17) is 4.74 Å². The van der Waals surface area contributed by atoms with Crippen molar-refractivity contribution in [2.75, 3.05) is 0 Å². The summed E-state index contributed by atoms with van der Waals surface area (Å²) in [6, 6.07) is 20.0. The summed E-state index contributed by atoms with van der Waals surface area (Å²) in [7, 11) is 0. The lowest BCUT2D eigenvalue weighted by atomic mass is 10.1. The van der Waals surface area contributed by atoms with Crippen molar-refractivity contribution in [3.63, 3.8) is 0 Å². The van der Waals surface area contributed by atoms with E-state index in [0.29, 0.717) is 0 Å². The highest BCUT2D eigenvalue weighted by molar-refractivity contribution is 5.82. The summed E-state index contributed by atoms with van der Waals surface area (Å²) in [5, 5.41) is 3.34. The van der Waals surface area contributed by atoms with E-state index >= 15 is 0 Å². The molecule has 0 unspecified atom stereocenters. The summed E-state index contributed by atoms with van der Waals surface area (Å²) >= 11 is 0. The summed E-state index contributed by atoms with van der Waals surface area (Å²) in [4.78, 5) is 11.9. The molecule has 2 aromatic rings. The Labute approximate surface area is 138 Å². The van der Waals surface area contributed by atoms with Crippen molar-refractivity contribution in [2.45, 2.75) is 32.5 Å². The highest BCUT2D eigenvalue weighted by atomic mass is 16.5. The Morgan fingerprint density at radius 1 is 1.04 bits per heavy atom. The number of carbonyl (C=O) groups is 1. The molecule has 0 aromatic heterocycles. The maximum atomic E-state index is 11.9. The summed E-state index contributed by atoms with van der Waals surface area (Å²) in [5.41, 5.74) is 2.21. The molecular weight excluding hydrogens is 286 g/mol. The molecule has 2 atom stereocenters. The maximum absolute atomic E-state index is 11.9. The van der Waals surface area contributed by atoms with Crippen molar-refractivity contribution >= 4 is 5.97 Å². The molecule has 0 fully saturated rings. The summed E-state index contributed by atoms with van der Waals surface area (Å²) in [5.74, 6) is -0.324. The maximum Gasteiger partial charge on any atom is 0.331 e. The SMILES string of the molecule is C[C@H](/C=C/C(=O)O[C@@H](C)c1ccccc1)NCc1ccccc1. The number of ether oxygens (including phenoxy) is 1. The molecule has 2 rings (SSSR count). The molecule has 0 bridgehead atoms. The zero-order valence-electron chi connectivity index (χ0n) is 13.6. The molecular formula is C20H23NO2. The molecule has 23 heavy (non-hydrogen) atoms. The normalized spacial score (nSPS) is 13.7. The van der Waals surface area contributed by atoms with Crippen LogP contribution in [0.15, 0.2) is 72.8 Å². The number of hydrogen-bond donors (Lipinski definition) is 1. The van der Waals surface area contributed by atoms with Gasteiger partial charge in [0.2, 0.25) is 0 Å². The van der Waals surface area contributed by atoms with Crippen molar-refractivity contribution in [1.82, 2.24) is 5.32 Å². The van der Waals surface area contributed by atoms with Gasteiger partial charge in [0.25, 0.3) is 0 Å². The van der Waals surface area contributed by atoms with Crippen LogP contribution in [0.4, 0.5) is 0 Å². The molecule has 0 spiro atoms. The van der Waals surface area contributed by atoms with E-state index in [9.17, 15) is 4.79 Å². The van der Waals surface area contributed by atoms with E-state index in [1.165, 1.54) is 11.6 Å². The highest BCUT2D eigenvalue weighted by Gasteiger charge is 2.09. The average Bonchev–Trinajstić information content (AvgIpc) is 2.60. The Hall–Kier alpha value is -2.39. The third kappa shape index (κ3) is 6.09. The molecule has 0 aliphatic heterocycles. The average molecular weight is 309 g/mol. The van der Waals surface area contributed by atoms with Gasteiger partial charge < -0.3 is 10.1 Å². The van der Waals surface area contributed by atoms with Gasteiger partial charge >= 0.3 is 5.97 Å². The first kappa shape index (κ1) is 17.0. The third-order valence-electron chi connectivity index (χ3n) is 3.55. The second kappa shape index (κ2) is 8.91. The number of rotatable bonds is 7. The van der Waals surface area contributed by atoms with Gasteiger partial charge in [-0.1, -0.05) is 66.7 Å². The molecule has 3 heteroatoms. The van der Waals surface area contributed by atoms with Crippen LogP contribution < -0.4 is 5.32 Å². The minimum Gasteiger partial charge on any atom is -0.455 e. The lowest BCUT2D eigenvalue weighted by Gasteiger charge is -2.12. The minimum absolute atomic E-state index is 0.0924. The summed E-state index contributed by atoms with van der Waals surface area (Å²) in [6.45, 7) is 4.65. The van der Waals surface area contributed by atoms with Gasteiger partial charge in [-0.2, -0.15) is 0 Å². The van der Waals surface area contributed by atoms with Crippen molar-refractivity contribution in [2.24, 2.45) is 0 Å². The number of benzene rings is 2. The predicted molar refractivity (Wildman–Crippen MR) is 92.8 cm³/mol. The summed E-state index contributed by atoms with van der Waals surface area (Å²) in [6.07, 6.45) is 3.06. The predicted octanol–water partition coefficient (Wildman–Crippen LogP) is 4.03. The Morgan fingerprint density at radius 3 is 2.30 bits per heavy atom. The first-order valence-corrected chi connectivity index (χ1v) is 7.86. The smallest absolute Gasteiger partial charge is 0.331 e. The number of esters is 1. The fraction of sp³-hybridized carbons (Fsp3) is 0.250. The first-order valence-electron chi connectivity index (χ1n) is 7.86. The van der Waals surface area contributed by atoms with E-state index in [2.05, 4.69) is 17.4 Å². The van der Waals surface area contributed by atoms with Gasteiger partial charge in [-0.05, 0) is 25.0 Å². The Morgan fingerprint density at radius 2 is 1.65 bits per heavy atom. The van der Waals surface area contributed by atoms with E-state index in [1.807, 2.05) is 68.5 Å². The van der Waals surface area contributed by atoms with Crippen LogP contribution in [-0.2, 0) is 16.1 Å². The molecule has 0 saturated carbocycles. The van der Waals surface area contributed by atoms with E-state index in [0.717, 1.165) is 12.1 Å². The van der Waals surface area contributed by atoms with Gasteiger partial charge in [0, 0.05) is 18.7 Å². The van der Waals surface area contributed by atoms with Crippen LogP contribution in [0.25, 0.3) is 0 Å². The van der Waals surface area contributed by atoms with Crippen molar-refractivity contribution in [3.05, 3.63) is 83.9 Å². The second-order valence-corrected chi connectivity index (χ2v) is 5.50. The van der Waals surface area contributed by atoms with Crippen molar-refractivity contribution < 1.29 is 9.53 Å². The van der Waals surface area contributed by atoms with Gasteiger partial charge in [0.1, 0.15) is 6.10 Å². The number of hydrogen-bond acceptors (Lipinski definition) is 3. The van der Waals surface area contributed by atoms with Crippen LogP contribution in [0.1, 0.15) is 31.1 Å². The van der Waals surface area contributed by atoms with Crippen molar-refractivity contribution in [3.8, 4) is 0 Å². The Kier molecular flexibility index (Phi) is 6.57. The molecule has 0 aliphatic carbocycles. The van der Waals surface area contributed by atoms with Gasteiger partial charge in [0.05, 0.1) is 0 Å². The van der Waals surface area contributed by atoms with E-state index < -0.39 is 0 Å². The van der Waals surface area contributed by atoms with Gasteiger partial charge in [0.15, 0.2) is 0 Å². The van der Waals surface area contributed by atoms with Crippen LogP contribution >= 0.6 is 0 Å². The van der Waals surface area contributed by atoms with Crippen LogP contribution in [-0.4, -0.2) is 12.0 Å². The minimum atomic E-state index is -0.324. The lowest BCUT2D eigenvalue weighted by Crippen LogP contribution is -2.23. The molecule has 3 nitrogen and oxygen atoms in total. The van der Waals surface area contributed by atoms with Crippen LogP contribution in [0.3, 0.4) is 0 Å². The highest BCUT2D eigenvalue weighted by Crippen LogP contribution is 2.16. The molecule has 1 N–H and O–H groups in total. The molecule has 0 aliphatic rings. The van der Waals surface area contributed by atoms with E-state index in [1.54, 1.807) is 0 Å². The van der Waals surface area contributed by atoms with Crippen LogP contribution in [0, 0.1) is 0 Å². The Balaban J connectivity index is 1.76. The molecule has 0 radical (unpaired) electrons. The molecule has 2 aromatic carbocycles. The fourth-order valence-electron chi connectivity index (χ4n) is 2.17. The van der Waals surface area contributed by atoms with Crippen LogP contribution in [0.5, 0.6) is 0 Å². The Bertz CT molecular complexity index is 623. The molecule has 0 saturated heterocycles. The van der Waals surface area contributed by atoms with Gasteiger partial charge in [-0.3, -0.25) is 0 Å².